The van der Waals surface area contributed by atoms with Crippen molar-refractivity contribution in [3.63, 3.8) is 0 Å². The van der Waals surface area contributed by atoms with Crippen LogP contribution in [0.2, 0.25) is 0 Å². The Labute approximate surface area is 95.0 Å². The molecule has 0 aliphatic heterocycles. The SMILES string of the molecule is C=C(C(=O)OCCCC)C(O)C(=O)OCC. The second-order valence-electron chi connectivity index (χ2n) is 3.17. The Morgan fingerprint density at radius 2 is 1.94 bits per heavy atom. The van der Waals surface area contributed by atoms with Gasteiger partial charge in [-0.25, -0.2) is 9.59 Å². The lowest BCUT2D eigenvalue weighted by atomic mass is 10.2. The number of aliphatic hydroxyl groups is 1. The Morgan fingerprint density at radius 3 is 2.44 bits per heavy atom. The maximum Gasteiger partial charge on any atom is 0.339 e. The van der Waals surface area contributed by atoms with Crippen LogP contribution in [0.25, 0.3) is 0 Å². The third-order valence-corrected chi connectivity index (χ3v) is 1.83. The zero-order chi connectivity index (χ0) is 12.6. The van der Waals surface area contributed by atoms with Crippen molar-refractivity contribution in [2.24, 2.45) is 0 Å². The second-order valence-corrected chi connectivity index (χ2v) is 3.17. The van der Waals surface area contributed by atoms with Crippen LogP contribution in [-0.4, -0.2) is 36.4 Å². The van der Waals surface area contributed by atoms with Gasteiger partial charge in [0.25, 0.3) is 0 Å². The summed E-state index contributed by atoms with van der Waals surface area (Å²) in [6, 6.07) is 0. The Morgan fingerprint density at radius 1 is 1.31 bits per heavy atom. The van der Waals surface area contributed by atoms with Crippen LogP contribution in [0.1, 0.15) is 26.7 Å². The molecule has 0 saturated heterocycles. The minimum Gasteiger partial charge on any atom is -0.464 e. The van der Waals surface area contributed by atoms with Crippen molar-refractivity contribution in [1.82, 2.24) is 0 Å². The largest absolute Gasteiger partial charge is 0.464 e. The molecule has 1 unspecified atom stereocenters. The van der Waals surface area contributed by atoms with Gasteiger partial charge >= 0.3 is 11.9 Å². The molecule has 0 aromatic carbocycles. The first kappa shape index (κ1) is 14.6. The molecular weight excluding hydrogens is 212 g/mol. The van der Waals surface area contributed by atoms with E-state index in [2.05, 4.69) is 11.3 Å². The number of esters is 2. The monoisotopic (exact) mass is 230 g/mol. The van der Waals surface area contributed by atoms with Crippen LogP contribution in [-0.2, 0) is 19.1 Å². The van der Waals surface area contributed by atoms with E-state index in [-0.39, 0.29) is 18.8 Å². The van der Waals surface area contributed by atoms with Crippen molar-refractivity contribution in [3.8, 4) is 0 Å². The molecule has 0 aliphatic carbocycles. The smallest absolute Gasteiger partial charge is 0.339 e. The lowest BCUT2D eigenvalue weighted by Gasteiger charge is -2.11. The molecule has 0 aliphatic rings. The van der Waals surface area contributed by atoms with Gasteiger partial charge in [-0.15, -0.1) is 0 Å². The predicted molar refractivity (Wildman–Crippen MR) is 57.6 cm³/mol. The van der Waals surface area contributed by atoms with E-state index < -0.39 is 18.0 Å². The summed E-state index contributed by atoms with van der Waals surface area (Å²) in [5, 5.41) is 9.37. The van der Waals surface area contributed by atoms with Crippen molar-refractivity contribution in [3.05, 3.63) is 12.2 Å². The van der Waals surface area contributed by atoms with E-state index >= 15 is 0 Å². The summed E-state index contributed by atoms with van der Waals surface area (Å²) in [6.07, 6.45) is -0.0246. The predicted octanol–water partition coefficient (Wildman–Crippen LogP) is 0.810. The third-order valence-electron chi connectivity index (χ3n) is 1.83. The molecule has 0 heterocycles. The molecule has 0 radical (unpaired) electrons. The van der Waals surface area contributed by atoms with Crippen molar-refractivity contribution < 1.29 is 24.2 Å². The minimum absolute atomic E-state index is 0.133. The highest BCUT2D eigenvalue weighted by Gasteiger charge is 2.25. The highest BCUT2D eigenvalue weighted by Crippen LogP contribution is 2.05. The lowest BCUT2D eigenvalue weighted by molar-refractivity contribution is -0.154. The van der Waals surface area contributed by atoms with Crippen LogP contribution in [0.3, 0.4) is 0 Å². The van der Waals surface area contributed by atoms with Crippen LogP contribution in [0.5, 0.6) is 0 Å². The third kappa shape index (κ3) is 4.93. The molecule has 0 saturated carbocycles. The van der Waals surface area contributed by atoms with Gasteiger partial charge in [0.15, 0.2) is 6.10 Å². The summed E-state index contributed by atoms with van der Waals surface area (Å²) in [7, 11) is 0. The Balaban J connectivity index is 4.11. The summed E-state index contributed by atoms with van der Waals surface area (Å²) in [5.41, 5.74) is -0.297. The van der Waals surface area contributed by atoms with Gasteiger partial charge in [-0.3, -0.25) is 0 Å². The lowest BCUT2D eigenvalue weighted by Crippen LogP contribution is -2.29. The molecule has 5 nitrogen and oxygen atoms in total. The molecular formula is C11H18O5. The van der Waals surface area contributed by atoms with Crippen LogP contribution in [0.4, 0.5) is 0 Å². The highest BCUT2D eigenvalue weighted by atomic mass is 16.6. The maximum atomic E-state index is 11.3. The maximum absolute atomic E-state index is 11.3. The van der Waals surface area contributed by atoms with E-state index in [1.807, 2.05) is 6.92 Å². The van der Waals surface area contributed by atoms with Crippen molar-refractivity contribution in [1.29, 1.82) is 0 Å². The van der Waals surface area contributed by atoms with Crippen molar-refractivity contribution >= 4 is 11.9 Å². The highest BCUT2D eigenvalue weighted by molar-refractivity contribution is 5.96. The Bertz CT molecular complexity index is 259. The van der Waals surface area contributed by atoms with Gasteiger partial charge in [-0.1, -0.05) is 19.9 Å². The first-order chi connectivity index (χ1) is 7.54. The van der Waals surface area contributed by atoms with E-state index in [1.165, 1.54) is 0 Å². The van der Waals surface area contributed by atoms with Gasteiger partial charge in [0, 0.05) is 0 Å². The van der Waals surface area contributed by atoms with Crippen LogP contribution in [0, 0.1) is 0 Å². The molecule has 0 aromatic heterocycles. The molecule has 1 N–H and O–H groups in total. The quantitative estimate of drug-likeness (QED) is 0.398. The molecule has 1 atom stereocenters. The van der Waals surface area contributed by atoms with Gasteiger partial charge in [0.05, 0.1) is 18.8 Å². The molecule has 0 spiro atoms. The van der Waals surface area contributed by atoms with Gasteiger partial charge in [0.1, 0.15) is 0 Å². The number of aliphatic hydroxyl groups excluding tert-OH is 1. The second kappa shape index (κ2) is 7.87. The average molecular weight is 230 g/mol. The minimum atomic E-state index is -1.64. The van der Waals surface area contributed by atoms with Gasteiger partial charge in [0.2, 0.25) is 0 Å². The molecule has 0 aromatic rings. The number of ether oxygens (including phenoxy) is 2. The molecule has 0 fully saturated rings. The fraction of sp³-hybridized carbons (Fsp3) is 0.636. The van der Waals surface area contributed by atoms with E-state index in [1.54, 1.807) is 6.92 Å². The van der Waals surface area contributed by atoms with Gasteiger partial charge in [-0.05, 0) is 13.3 Å². The molecule has 16 heavy (non-hydrogen) atoms. The number of hydrogen-bond donors (Lipinski definition) is 1. The number of rotatable bonds is 7. The number of carbonyl (C=O) groups excluding carboxylic acids is 2. The van der Waals surface area contributed by atoms with E-state index in [9.17, 15) is 14.7 Å². The van der Waals surface area contributed by atoms with E-state index in [0.29, 0.717) is 0 Å². The summed E-state index contributed by atoms with van der Waals surface area (Å²) in [6.45, 7) is 7.26. The normalized spacial score (nSPS) is 11.7. The topological polar surface area (TPSA) is 72.8 Å². The van der Waals surface area contributed by atoms with E-state index in [0.717, 1.165) is 12.8 Å². The summed E-state index contributed by atoms with van der Waals surface area (Å²) in [4.78, 5) is 22.4. The first-order valence-electron chi connectivity index (χ1n) is 5.25. The van der Waals surface area contributed by atoms with Gasteiger partial charge < -0.3 is 14.6 Å². The summed E-state index contributed by atoms with van der Waals surface area (Å²) < 4.78 is 9.33. The zero-order valence-electron chi connectivity index (χ0n) is 9.69. The fourth-order valence-electron chi connectivity index (χ4n) is 0.877. The van der Waals surface area contributed by atoms with Gasteiger partial charge in [-0.2, -0.15) is 0 Å². The van der Waals surface area contributed by atoms with Crippen molar-refractivity contribution in [2.75, 3.05) is 13.2 Å². The fourth-order valence-corrected chi connectivity index (χ4v) is 0.877. The van der Waals surface area contributed by atoms with Crippen LogP contribution < -0.4 is 0 Å². The molecule has 92 valence electrons. The Hall–Kier alpha value is -1.36. The number of unbranched alkanes of at least 4 members (excludes halogenated alkanes) is 1. The molecule has 0 bridgehead atoms. The number of hydrogen-bond acceptors (Lipinski definition) is 5. The first-order valence-corrected chi connectivity index (χ1v) is 5.25. The number of carbonyl (C=O) groups is 2. The molecule has 5 heteroatoms. The Kier molecular flexibility index (Phi) is 7.20. The average Bonchev–Trinajstić information content (AvgIpc) is 2.27. The van der Waals surface area contributed by atoms with Crippen LogP contribution in [0.15, 0.2) is 12.2 Å². The molecule has 0 amide bonds. The standard InChI is InChI=1S/C11H18O5/c1-4-6-7-16-10(13)8(3)9(12)11(14)15-5-2/h9,12H,3-7H2,1-2H3. The van der Waals surface area contributed by atoms with Crippen LogP contribution >= 0.6 is 0 Å². The zero-order valence-corrected chi connectivity index (χ0v) is 9.69. The summed E-state index contributed by atoms with van der Waals surface area (Å²) in [5.74, 6) is -1.66. The van der Waals surface area contributed by atoms with Crippen molar-refractivity contribution in [2.45, 2.75) is 32.8 Å². The summed E-state index contributed by atoms with van der Waals surface area (Å²) >= 11 is 0. The molecule has 0 rings (SSSR count). The van der Waals surface area contributed by atoms with E-state index in [4.69, 9.17) is 4.74 Å².